The van der Waals surface area contributed by atoms with Gasteiger partial charge in [-0.2, -0.15) is 0 Å². The summed E-state index contributed by atoms with van der Waals surface area (Å²) in [5.41, 5.74) is 10.8. The number of nitrogens with one attached hydrogen (secondary N) is 4. The molecule has 12 nitrogen and oxygen atoms in total. The number of rotatable bonds is 23. The zero-order valence-electron chi connectivity index (χ0n) is 43.7. The van der Waals surface area contributed by atoms with Crippen LogP contribution in [0.25, 0.3) is 0 Å². The average Bonchev–Trinajstić information content (AvgIpc) is 3.38. The van der Waals surface area contributed by atoms with Crippen LogP contribution in [-0.4, -0.2) is 83.1 Å². The monoisotopic (exact) mass is 1080 g/mol. The van der Waals surface area contributed by atoms with Crippen molar-refractivity contribution in [1.29, 1.82) is 0 Å². The molecule has 0 aliphatic carbocycles. The van der Waals surface area contributed by atoms with E-state index in [-0.39, 0.29) is 73.8 Å². The van der Waals surface area contributed by atoms with E-state index in [1.54, 1.807) is 56.9 Å². The van der Waals surface area contributed by atoms with Crippen LogP contribution in [0.2, 0.25) is 0 Å². The summed E-state index contributed by atoms with van der Waals surface area (Å²) in [7, 11) is 13.9. The van der Waals surface area contributed by atoms with Gasteiger partial charge >= 0.3 is 0 Å². The van der Waals surface area contributed by atoms with Crippen LogP contribution in [0.15, 0.2) is 48.5 Å². The molecule has 4 aromatic rings. The molecule has 4 N–H and O–H groups in total. The minimum Gasteiger partial charge on any atom is -0.493 e. The van der Waals surface area contributed by atoms with E-state index < -0.39 is 0 Å². The van der Waals surface area contributed by atoms with Gasteiger partial charge < -0.3 is 59.2 Å². The maximum Gasteiger partial charge on any atom is 0.161 e. The quantitative estimate of drug-likeness (QED) is 0.0529. The van der Waals surface area contributed by atoms with Crippen molar-refractivity contribution in [3.63, 3.8) is 0 Å². The van der Waals surface area contributed by atoms with Crippen molar-refractivity contribution in [3.8, 4) is 46.0 Å². The van der Waals surface area contributed by atoms with E-state index in [9.17, 15) is 0 Å². The first-order valence-corrected chi connectivity index (χ1v) is 25.3. The van der Waals surface area contributed by atoms with Crippen LogP contribution in [-0.2, 0) is 25.7 Å². The molecule has 6 unspecified atom stereocenters. The predicted molar refractivity (Wildman–Crippen MR) is 298 cm³/mol. The Morgan fingerprint density at radius 3 is 0.903 bits per heavy atom. The van der Waals surface area contributed by atoms with Gasteiger partial charge in [0.15, 0.2) is 46.0 Å². The van der Waals surface area contributed by atoms with E-state index in [2.05, 4.69) is 69.8 Å². The van der Waals surface area contributed by atoms with Gasteiger partial charge in [-0.05, 0) is 195 Å². The van der Waals surface area contributed by atoms with Crippen LogP contribution >= 0.6 is 49.6 Å². The molecule has 0 fully saturated rings. The predicted octanol–water partition coefficient (Wildman–Crippen LogP) is 11.4. The average molecular weight is 1080 g/mol. The lowest BCUT2D eigenvalue weighted by molar-refractivity contribution is 0.265. The molecule has 0 amide bonds. The second kappa shape index (κ2) is 29.4. The Morgan fingerprint density at radius 2 is 0.597 bits per heavy atom. The molecule has 0 radical (unpaired) electrons. The van der Waals surface area contributed by atoms with Crippen molar-refractivity contribution in [1.82, 2.24) is 21.3 Å². The van der Waals surface area contributed by atoms with Gasteiger partial charge in [-0.25, -0.2) is 0 Å². The lowest BCUT2D eigenvalue weighted by atomic mass is 9.78. The van der Waals surface area contributed by atoms with E-state index in [1.807, 2.05) is 0 Å². The molecule has 4 aliphatic rings. The molecule has 4 aromatic carbocycles. The minimum absolute atomic E-state index is 0. The number of fused-ring (bicyclic) bond motifs is 4. The number of halogens is 4. The zero-order valence-corrected chi connectivity index (χ0v) is 47.0. The maximum atomic E-state index is 5.89. The first-order valence-electron chi connectivity index (χ1n) is 25.3. The Labute approximate surface area is 454 Å². The Hall–Kier alpha value is -3.72. The Morgan fingerprint density at radius 1 is 0.347 bits per heavy atom. The summed E-state index contributed by atoms with van der Waals surface area (Å²) in [5.74, 6) is 7.33. The SMILES string of the molecule is COc1cc2c(cc1OC)C(CCCC(CCCCC(CCCC1NCCc3cc(OC)c(OC)cc31)C1NCCc3cc(OC)c(OC)cc31)C1NCCc3cc(OC)c(OC)cc31)NCC2.Cl.Cl.Cl.Cl. The second-order valence-corrected chi connectivity index (χ2v) is 19.2. The van der Waals surface area contributed by atoms with Gasteiger partial charge in [-0.3, -0.25) is 0 Å². The molecule has 8 rings (SSSR count). The normalized spacial score (nSPS) is 19.3. The van der Waals surface area contributed by atoms with Crippen LogP contribution in [0.3, 0.4) is 0 Å². The lowest BCUT2D eigenvalue weighted by Gasteiger charge is -2.36. The molecule has 402 valence electrons. The largest absolute Gasteiger partial charge is 0.493 e. The minimum atomic E-state index is 0. The topological polar surface area (TPSA) is 122 Å². The maximum absolute atomic E-state index is 5.89. The molecule has 0 aromatic heterocycles. The van der Waals surface area contributed by atoms with Crippen LogP contribution in [0.4, 0.5) is 0 Å². The fraction of sp³-hybridized carbons (Fsp3) is 0.571. The van der Waals surface area contributed by atoms with E-state index in [1.165, 1.54) is 44.5 Å². The van der Waals surface area contributed by atoms with Crippen LogP contribution in [0.5, 0.6) is 46.0 Å². The molecule has 0 bridgehead atoms. The van der Waals surface area contributed by atoms with E-state index in [0.29, 0.717) is 11.8 Å². The van der Waals surface area contributed by atoms with E-state index in [0.717, 1.165) is 162 Å². The summed E-state index contributed by atoms with van der Waals surface area (Å²) in [5, 5.41) is 15.7. The lowest BCUT2D eigenvalue weighted by Crippen LogP contribution is -2.36. The highest BCUT2D eigenvalue weighted by atomic mass is 35.5. The fourth-order valence-corrected chi connectivity index (χ4v) is 12.1. The van der Waals surface area contributed by atoms with Crippen LogP contribution < -0.4 is 59.2 Å². The van der Waals surface area contributed by atoms with Gasteiger partial charge in [0.2, 0.25) is 0 Å². The Balaban J connectivity index is 0.00000281. The molecule has 0 spiro atoms. The van der Waals surface area contributed by atoms with Crippen molar-refractivity contribution in [2.75, 3.05) is 83.1 Å². The number of ether oxygens (including phenoxy) is 8. The molecule has 0 saturated heterocycles. The number of methoxy groups -OCH3 is 8. The van der Waals surface area contributed by atoms with E-state index >= 15 is 0 Å². The first-order chi connectivity index (χ1) is 33.3. The fourth-order valence-electron chi connectivity index (χ4n) is 12.1. The summed E-state index contributed by atoms with van der Waals surface area (Å²) in [6, 6.07) is 18.7. The molecular weight excluding hydrogens is 998 g/mol. The van der Waals surface area contributed by atoms with Crippen LogP contribution in [0, 0.1) is 11.8 Å². The van der Waals surface area contributed by atoms with Crippen molar-refractivity contribution < 1.29 is 37.9 Å². The smallest absolute Gasteiger partial charge is 0.161 e. The summed E-state index contributed by atoms with van der Waals surface area (Å²) >= 11 is 0. The number of benzene rings is 4. The summed E-state index contributed by atoms with van der Waals surface area (Å²) in [6.45, 7) is 3.83. The molecule has 16 heteroatoms. The van der Waals surface area contributed by atoms with Crippen molar-refractivity contribution in [2.45, 2.75) is 114 Å². The highest BCUT2D eigenvalue weighted by molar-refractivity contribution is 5.86. The third-order valence-electron chi connectivity index (χ3n) is 15.6. The van der Waals surface area contributed by atoms with Gasteiger partial charge in [0.1, 0.15) is 0 Å². The first kappa shape index (κ1) is 60.8. The number of hydrogen-bond donors (Lipinski definition) is 4. The standard InChI is InChI=1S/C56H78N4O8.4ClH/c1-61-47-27-37-19-23-57-45(41(37)31-51(47)65-5)17-11-15-35(55-43-33-53(67-7)49(63-3)29-39(43)21-25-59-55)13-9-10-14-36(56-44-34-54(68-8)50(64-4)30-40(44)22-26-60-56)16-12-18-46-42-32-52(66-6)48(62-2)28-38(42)20-24-58-46;;;;/h27-36,45-46,55-60H,9-26H2,1-8H3;4*1H. The summed E-state index contributed by atoms with van der Waals surface area (Å²) in [6.07, 6.45) is 15.2. The van der Waals surface area contributed by atoms with Crippen molar-refractivity contribution >= 4 is 49.6 Å². The third-order valence-corrected chi connectivity index (χ3v) is 15.6. The number of hydrogen-bond acceptors (Lipinski definition) is 12. The third kappa shape index (κ3) is 13.8. The molecule has 6 atom stereocenters. The van der Waals surface area contributed by atoms with Gasteiger partial charge in [-0.1, -0.05) is 25.7 Å². The van der Waals surface area contributed by atoms with Gasteiger partial charge in [-0.15, -0.1) is 49.6 Å². The zero-order chi connectivity index (χ0) is 47.6. The highest BCUT2D eigenvalue weighted by Crippen LogP contribution is 2.45. The number of unbranched alkanes of at least 4 members (excludes halogenated alkanes) is 1. The highest BCUT2D eigenvalue weighted by Gasteiger charge is 2.33. The molecule has 4 aliphatic heterocycles. The van der Waals surface area contributed by atoms with Crippen molar-refractivity contribution in [3.05, 3.63) is 93.0 Å². The van der Waals surface area contributed by atoms with Gasteiger partial charge in [0.05, 0.1) is 56.9 Å². The molecule has 72 heavy (non-hydrogen) atoms. The Bertz CT molecular complexity index is 2170. The van der Waals surface area contributed by atoms with Gasteiger partial charge in [0, 0.05) is 24.2 Å². The summed E-state index contributed by atoms with van der Waals surface area (Å²) in [4.78, 5) is 0. The van der Waals surface area contributed by atoms with Crippen LogP contribution in [0.1, 0.15) is 133 Å². The second-order valence-electron chi connectivity index (χ2n) is 19.2. The Kier molecular flexibility index (Phi) is 24.8. The van der Waals surface area contributed by atoms with E-state index in [4.69, 9.17) is 37.9 Å². The summed E-state index contributed by atoms with van der Waals surface area (Å²) < 4.78 is 46.2. The van der Waals surface area contributed by atoms with Gasteiger partial charge in [0.25, 0.3) is 0 Å². The molecular formula is C56H82Cl4N4O8. The molecule has 4 heterocycles. The molecule has 0 saturated carbocycles. The van der Waals surface area contributed by atoms with Crippen molar-refractivity contribution in [2.24, 2.45) is 11.8 Å².